The van der Waals surface area contributed by atoms with Gasteiger partial charge < -0.3 is 4.43 Å². The molecule has 0 atom stereocenters. The summed E-state index contributed by atoms with van der Waals surface area (Å²) in [6, 6.07) is 3.61. The number of allylic oxidation sites excluding steroid dienone is 1. The molecule has 0 aromatic rings. The molecule has 0 aromatic heterocycles. The Kier molecular flexibility index (Phi) is 8.43. The van der Waals surface area contributed by atoms with Crippen molar-refractivity contribution in [3.8, 4) is 0 Å². The standard InChI is InChI=1S/C14H29ClOSi/c1-6-14(7-2,12-11-13-15)16-17(8-3,9-4)10-5/h11-12H,6-10,13H2,1-5H3/b12-11+. The molecule has 0 amide bonds. The molecule has 3 heteroatoms. The van der Waals surface area contributed by atoms with E-state index in [4.69, 9.17) is 16.0 Å². The summed E-state index contributed by atoms with van der Waals surface area (Å²) in [6.45, 7) is 11.3. The van der Waals surface area contributed by atoms with Gasteiger partial charge in [0.15, 0.2) is 8.32 Å². The Hall–Kier alpha value is 0.207. The molecular weight excluding hydrogens is 248 g/mol. The third-order valence-electron chi connectivity index (χ3n) is 4.06. The lowest BCUT2D eigenvalue weighted by molar-refractivity contribution is 0.0971. The summed E-state index contributed by atoms with van der Waals surface area (Å²) in [5.41, 5.74) is -0.0802. The normalized spacial score (nSPS) is 13.5. The summed E-state index contributed by atoms with van der Waals surface area (Å²) in [6.07, 6.45) is 6.30. The summed E-state index contributed by atoms with van der Waals surface area (Å²) in [4.78, 5) is 0. The lowest BCUT2D eigenvalue weighted by Crippen LogP contribution is -2.45. The van der Waals surface area contributed by atoms with Crippen molar-refractivity contribution in [2.75, 3.05) is 5.88 Å². The third-order valence-corrected chi connectivity index (χ3v) is 8.94. The first-order valence-corrected chi connectivity index (χ1v) is 10.1. The highest BCUT2D eigenvalue weighted by atomic mass is 35.5. The van der Waals surface area contributed by atoms with Crippen LogP contribution in [0.5, 0.6) is 0 Å². The van der Waals surface area contributed by atoms with E-state index in [1.165, 1.54) is 18.1 Å². The van der Waals surface area contributed by atoms with E-state index >= 15 is 0 Å². The Morgan fingerprint density at radius 3 is 1.76 bits per heavy atom. The summed E-state index contributed by atoms with van der Waals surface area (Å²) < 4.78 is 6.67. The van der Waals surface area contributed by atoms with Gasteiger partial charge in [0.25, 0.3) is 0 Å². The van der Waals surface area contributed by atoms with Crippen LogP contribution in [0.4, 0.5) is 0 Å². The van der Waals surface area contributed by atoms with Gasteiger partial charge in [0, 0.05) is 5.88 Å². The monoisotopic (exact) mass is 276 g/mol. The van der Waals surface area contributed by atoms with Gasteiger partial charge in [0.1, 0.15) is 0 Å². The van der Waals surface area contributed by atoms with Crippen molar-refractivity contribution in [2.24, 2.45) is 0 Å². The summed E-state index contributed by atoms with van der Waals surface area (Å²) >= 11 is 5.76. The minimum atomic E-state index is -1.54. The molecule has 0 radical (unpaired) electrons. The van der Waals surface area contributed by atoms with E-state index in [0.717, 1.165) is 12.8 Å². The van der Waals surface area contributed by atoms with Crippen molar-refractivity contribution in [1.82, 2.24) is 0 Å². The first-order valence-electron chi connectivity index (χ1n) is 7.01. The maximum Gasteiger partial charge on any atom is 0.193 e. The molecule has 0 aliphatic carbocycles. The van der Waals surface area contributed by atoms with Crippen LogP contribution in [0, 0.1) is 0 Å². The van der Waals surface area contributed by atoms with Crippen LogP contribution in [0.15, 0.2) is 12.2 Å². The highest BCUT2D eigenvalue weighted by molar-refractivity contribution is 6.73. The van der Waals surface area contributed by atoms with E-state index < -0.39 is 8.32 Å². The molecular formula is C14H29ClOSi. The average Bonchev–Trinajstić information content (AvgIpc) is 2.41. The molecule has 0 saturated carbocycles. The number of halogens is 1. The van der Waals surface area contributed by atoms with Crippen LogP contribution in [-0.4, -0.2) is 19.8 Å². The summed E-state index contributed by atoms with van der Waals surface area (Å²) in [7, 11) is -1.54. The van der Waals surface area contributed by atoms with Crippen LogP contribution < -0.4 is 0 Å². The second-order valence-electron chi connectivity index (χ2n) is 4.67. The van der Waals surface area contributed by atoms with E-state index in [1.54, 1.807) is 0 Å². The molecule has 102 valence electrons. The predicted molar refractivity (Wildman–Crippen MR) is 81.5 cm³/mol. The fraction of sp³-hybridized carbons (Fsp3) is 0.857. The SMILES string of the molecule is CCC(/C=C/CCl)(CC)O[Si](CC)(CC)CC. The van der Waals surface area contributed by atoms with Gasteiger partial charge in [-0.2, -0.15) is 0 Å². The van der Waals surface area contributed by atoms with Crippen LogP contribution in [0.1, 0.15) is 47.5 Å². The van der Waals surface area contributed by atoms with Gasteiger partial charge in [-0.3, -0.25) is 0 Å². The number of alkyl halides is 1. The van der Waals surface area contributed by atoms with Crippen LogP contribution in [0.3, 0.4) is 0 Å². The van der Waals surface area contributed by atoms with Gasteiger partial charge in [-0.25, -0.2) is 0 Å². The van der Waals surface area contributed by atoms with Crippen LogP contribution >= 0.6 is 11.6 Å². The van der Waals surface area contributed by atoms with Crippen molar-refractivity contribution in [3.05, 3.63) is 12.2 Å². The van der Waals surface area contributed by atoms with Gasteiger partial charge in [0.05, 0.1) is 5.60 Å². The van der Waals surface area contributed by atoms with Crippen LogP contribution in [-0.2, 0) is 4.43 Å². The third kappa shape index (κ3) is 4.76. The van der Waals surface area contributed by atoms with Crippen molar-refractivity contribution in [3.63, 3.8) is 0 Å². The number of rotatable bonds is 9. The molecule has 0 fully saturated rings. The predicted octanol–water partition coefficient (Wildman–Crippen LogP) is 5.36. The molecule has 0 aromatic carbocycles. The van der Waals surface area contributed by atoms with E-state index in [1.807, 2.05) is 6.08 Å². The first-order chi connectivity index (χ1) is 8.07. The molecule has 17 heavy (non-hydrogen) atoms. The van der Waals surface area contributed by atoms with Crippen molar-refractivity contribution < 1.29 is 4.43 Å². The second-order valence-corrected chi connectivity index (χ2v) is 9.67. The van der Waals surface area contributed by atoms with Crippen LogP contribution in [0.2, 0.25) is 18.1 Å². The zero-order valence-electron chi connectivity index (χ0n) is 12.2. The Balaban J connectivity index is 5.00. The lowest BCUT2D eigenvalue weighted by atomic mass is 9.97. The highest BCUT2D eigenvalue weighted by Gasteiger charge is 2.37. The minimum absolute atomic E-state index is 0.0802. The fourth-order valence-corrected chi connectivity index (χ4v) is 5.56. The zero-order chi connectivity index (χ0) is 13.4. The minimum Gasteiger partial charge on any atom is -0.408 e. The molecule has 0 heterocycles. The maximum atomic E-state index is 6.67. The smallest absolute Gasteiger partial charge is 0.193 e. The van der Waals surface area contributed by atoms with Gasteiger partial charge in [-0.15, -0.1) is 11.6 Å². The van der Waals surface area contributed by atoms with Crippen molar-refractivity contribution >= 4 is 19.9 Å². The van der Waals surface area contributed by atoms with Gasteiger partial charge >= 0.3 is 0 Å². The van der Waals surface area contributed by atoms with Gasteiger partial charge in [-0.05, 0) is 31.0 Å². The van der Waals surface area contributed by atoms with Gasteiger partial charge in [-0.1, -0.05) is 46.8 Å². The van der Waals surface area contributed by atoms with E-state index in [9.17, 15) is 0 Å². The summed E-state index contributed by atoms with van der Waals surface area (Å²) in [5, 5.41) is 0. The number of hydrogen-bond donors (Lipinski definition) is 0. The average molecular weight is 277 g/mol. The highest BCUT2D eigenvalue weighted by Crippen LogP contribution is 2.32. The zero-order valence-corrected chi connectivity index (χ0v) is 13.9. The maximum absolute atomic E-state index is 6.67. The van der Waals surface area contributed by atoms with Crippen molar-refractivity contribution in [2.45, 2.75) is 71.2 Å². The lowest BCUT2D eigenvalue weighted by Gasteiger charge is -2.40. The fourth-order valence-electron chi connectivity index (χ4n) is 2.32. The molecule has 0 bridgehead atoms. The second kappa shape index (κ2) is 8.33. The Morgan fingerprint density at radius 1 is 1.00 bits per heavy atom. The summed E-state index contributed by atoms with van der Waals surface area (Å²) in [5.74, 6) is 0.573. The largest absolute Gasteiger partial charge is 0.408 e. The van der Waals surface area contributed by atoms with Gasteiger partial charge in [0.2, 0.25) is 0 Å². The molecule has 0 N–H and O–H groups in total. The van der Waals surface area contributed by atoms with Crippen molar-refractivity contribution in [1.29, 1.82) is 0 Å². The number of hydrogen-bond acceptors (Lipinski definition) is 1. The van der Waals surface area contributed by atoms with E-state index in [-0.39, 0.29) is 5.60 Å². The Bertz CT molecular complexity index is 212. The molecule has 1 nitrogen and oxygen atoms in total. The quantitative estimate of drug-likeness (QED) is 0.313. The molecule has 0 spiro atoms. The molecule has 0 unspecified atom stereocenters. The Labute approximate surface area is 114 Å². The molecule has 0 aliphatic heterocycles. The van der Waals surface area contributed by atoms with E-state index in [0.29, 0.717) is 5.88 Å². The van der Waals surface area contributed by atoms with Crippen LogP contribution in [0.25, 0.3) is 0 Å². The molecule has 0 rings (SSSR count). The first kappa shape index (κ1) is 17.2. The Morgan fingerprint density at radius 2 is 1.47 bits per heavy atom. The molecule has 0 saturated heterocycles. The topological polar surface area (TPSA) is 9.23 Å². The van der Waals surface area contributed by atoms with E-state index in [2.05, 4.69) is 40.7 Å². The molecule has 0 aliphatic rings.